The van der Waals surface area contributed by atoms with Crippen LogP contribution >= 0.6 is 0 Å². The minimum atomic E-state index is -4.48. The molecule has 0 fully saturated rings. The van der Waals surface area contributed by atoms with Gasteiger partial charge in [0.15, 0.2) is 11.7 Å². The molecule has 9 heteroatoms. The van der Waals surface area contributed by atoms with Crippen molar-refractivity contribution >= 4 is 11.7 Å². The molecule has 0 radical (unpaired) electrons. The molecule has 2 N–H and O–H groups in total. The summed E-state index contributed by atoms with van der Waals surface area (Å²) in [6.45, 7) is 2.32. The van der Waals surface area contributed by atoms with Crippen LogP contribution in [0.2, 0.25) is 0 Å². The number of hydrogen-bond donors (Lipinski definition) is 2. The Morgan fingerprint density at radius 1 is 1.54 bits per heavy atom. The summed E-state index contributed by atoms with van der Waals surface area (Å²) >= 11 is 0. The number of fused-ring (bicyclic) bond motifs is 1. The highest BCUT2D eigenvalue weighted by Gasteiger charge is 2.47. The second kappa shape index (κ2) is 6.21. The van der Waals surface area contributed by atoms with Crippen molar-refractivity contribution in [3.05, 3.63) is 35.9 Å². The van der Waals surface area contributed by atoms with Gasteiger partial charge in [-0.1, -0.05) is 6.92 Å². The van der Waals surface area contributed by atoms with Crippen LogP contribution in [-0.4, -0.2) is 28.4 Å². The molecule has 3 heterocycles. The molecule has 0 saturated heterocycles. The number of aromatic nitrogens is 2. The molecule has 0 unspecified atom stereocenters. The lowest BCUT2D eigenvalue weighted by atomic mass is 10.0. The SMILES string of the molecule is CCCNC(=O)c1cc2n(n1)[C@H](C(F)(F)F)C[C@@H](c1ccco1)N2. The normalized spacial score (nSPS) is 20.3. The van der Waals surface area contributed by atoms with E-state index in [1.807, 2.05) is 6.92 Å². The van der Waals surface area contributed by atoms with Crippen LogP contribution < -0.4 is 10.6 Å². The molecule has 2 atom stereocenters. The highest BCUT2D eigenvalue weighted by Crippen LogP contribution is 2.43. The minimum absolute atomic E-state index is 0.0414. The summed E-state index contributed by atoms with van der Waals surface area (Å²) in [4.78, 5) is 12.0. The Hall–Kier alpha value is -2.45. The second-order valence-corrected chi connectivity index (χ2v) is 5.62. The van der Waals surface area contributed by atoms with E-state index in [4.69, 9.17) is 4.42 Å². The highest BCUT2D eigenvalue weighted by molar-refractivity contribution is 5.93. The lowest BCUT2D eigenvalue weighted by molar-refractivity contribution is -0.174. The second-order valence-electron chi connectivity index (χ2n) is 5.62. The third-order valence-electron chi connectivity index (χ3n) is 3.84. The molecule has 1 aliphatic heterocycles. The maximum atomic E-state index is 13.4. The Balaban J connectivity index is 1.93. The van der Waals surface area contributed by atoms with E-state index in [-0.39, 0.29) is 17.9 Å². The number of hydrogen-bond acceptors (Lipinski definition) is 4. The first-order valence-corrected chi connectivity index (χ1v) is 7.64. The van der Waals surface area contributed by atoms with Gasteiger partial charge in [-0.3, -0.25) is 4.79 Å². The van der Waals surface area contributed by atoms with Gasteiger partial charge in [0.2, 0.25) is 0 Å². The van der Waals surface area contributed by atoms with Crippen molar-refractivity contribution in [1.29, 1.82) is 0 Å². The first-order chi connectivity index (χ1) is 11.4. The van der Waals surface area contributed by atoms with Gasteiger partial charge in [-0.05, 0) is 18.6 Å². The van der Waals surface area contributed by atoms with E-state index in [1.54, 1.807) is 12.1 Å². The molecule has 0 saturated carbocycles. The summed E-state index contributed by atoms with van der Waals surface area (Å²) in [7, 11) is 0. The molecule has 0 aliphatic carbocycles. The molecule has 2 aromatic rings. The molecular formula is C15H17F3N4O2. The first kappa shape index (κ1) is 16.4. The van der Waals surface area contributed by atoms with Gasteiger partial charge in [0.1, 0.15) is 11.6 Å². The van der Waals surface area contributed by atoms with Crippen molar-refractivity contribution in [3.63, 3.8) is 0 Å². The quantitative estimate of drug-likeness (QED) is 0.894. The van der Waals surface area contributed by atoms with Gasteiger partial charge in [0.25, 0.3) is 5.91 Å². The van der Waals surface area contributed by atoms with Crippen LogP contribution in [0.25, 0.3) is 0 Å². The molecule has 1 aliphatic rings. The van der Waals surface area contributed by atoms with Crippen LogP contribution in [0.1, 0.15) is 48.1 Å². The van der Waals surface area contributed by atoms with Gasteiger partial charge < -0.3 is 15.1 Å². The zero-order chi connectivity index (χ0) is 17.3. The van der Waals surface area contributed by atoms with Crippen molar-refractivity contribution in [3.8, 4) is 0 Å². The zero-order valence-corrected chi connectivity index (χ0v) is 12.9. The Kier molecular flexibility index (Phi) is 4.25. The summed E-state index contributed by atoms with van der Waals surface area (Å²) in [6, 6.07) is 2.11. The third-order valence-corrected chi connectivity index (χ3v) is 3.84. The fourth-order valence-corrected chi connectivity index (χ4v) is 2.69. The monoisotopic (exact) mass is 342 g/mol. The number of rotatable bonds is 4. The van der Waals surface area contributed by atoms with Crippen molar-refractivity contribution < 1.29 is 22.4 Å². The largest absolute Gasteiger partial charge is 0.467 e. The number of carbonyl (C=O) groups excluding carboxylic acids is 1. The molecular weight excluding hydrogens is 325 g/mol. The van der Waals surface area contributed by atoms with E-state index in [0.29, 0.717) is 12.3 Å². The summed E-state index contributed by atoms with van der Waals surface area (Å²) in [6.07, 6.45) is -2.61. The first-order valence-electron chi connectivity index (χ1n) is 7.64. The number of anilines is 1. The molecule has 3 rings (SSSR count). The Bertz CT molecular complexity index is 709. The fourth-order valence-electron chi connectivity index (χ4n) is 2.69. The van der Waals surface area contributed by atoms with Crippen molar-refractivity contribution in [2.24, 2.45) is 0 Å². The Morgan fingerprint density at radius 3 is 2.96 bits per heavy atom. The number of nitrogens with one attached hydrogen (secondary N) is 2. The molecule has 0 bridgehead atoms. The van der Waals surface area contributed by atoms with Gasteiger partial charge in [-0.25, -0.2) is 4.68 Å². The van der Waals surface area contributed by atoms with Crippen LogP contribution in [0, 0.1) is 0 Å². The van der Waals surface area contributed by atoms with Crippen LogP contribution in [0.5, 0.6) is 0 Å². The number of furan rings is 1. The molecule has 2 aromatic heterocycles. The van der Waals surface area contributed by atoms with E-state index >= 15 is 0 Å². The number of carbonyl (C=O) groups is 1. The summed E-state index contributed by atoms with van der Waals surface area (Å²) < 4.78 is 46.3. The average Bonchev–Trinajstić information content (AvgIpc) is 3.19. The predicted octanol–water partition coefficient (Wildman–Crippen LogP) is 3.28. The van der Waals surface area contributed by atoms with Crippen molar-refractivity contribution in [2.45, 2.75) is 38.0 Å². The van der Waals surface area contributed by atoms with E-state index in [2.05, 4.69) is 15.7 Å². The van der Waals surface area contributed by atoms with Crippen LogP contribution in [0.3, 0.4) is 0 Å². The van der Waals surface area contributed by atoms with Gasteiger partial charge in [0.05, 0.1) is 12.3 Å². The molecule has 0 spiro atoms. The van der Waals surface area contributed by atoms with E-state index in [1.165, 1.54) is 12.3 Å². The van der Waals surface area contributed by atoms with Gasteiger partial charge in [0, 0.05) is 19.0 Å². The van der Waals surface area contributed by atoms with Crippen molar-refractivity contribution in [1.82, 2.24) is 15.1 Å². The summed E-state index contributed by atoms with van der Waals surface area (Å²) in [5, 5.41) is 9.43. The highest BCUT2D eigenvalue weighted by atomic mass is 19.4. The predicted molar refractivity (Wildman–Crippen MR) is 79.6 cm³/mol. The lowest BCUT2D eigenvalue weighted by Crippen LogP contribution is -2.35. The third kappa shape index (κ3) is 3.10. The summed E-state index contributed by atoms with van der Waals surface area (Å²) in [5.41, 5.74) is -0.0414. The topological polar surface area (TPSA) is 72.1 Å². The van der Waals surface area contributed by atoms with E-state index < -0.39 is 24.2 Å². The molecule has 130 valence electrons. The summed E-state index contributed by atoms with van der Waals surface area (Å²) in [5.74, 6) is 0.0660. The van der Waals surface area contributed by atoms with Crippen LogP contribution in [-0.2, 0) is 0 Å². The average molecular weight is 342 g/mol. The van der Waals surface area contributed by atoms with Gasteiger partial charge >= 0.3 is 6.18 Å². The standard InChI is InChI=1S/C15H17F3N4O2/c1-2-5-19-14(23)10-8-13-20-9(11-4-3-6-24-11)7-12(15(16,17)18)22(13)21-10/h3-4,6,8-9,12,20H,2,5,7H2,1H3,(H,19,23)/t9-,12-/m0/s1. The van der Waals surface area contributed by atoms with E-state index in [0.717, 1.165) is 11.1 Å². The molecule has 24 heavy (non-hydrogen) atoms. The van der Waals surface area contributed by atoms with Gasteiger partial charge in [-0.15, -0.1) is 0 Å². The smallest absolute Gasteiger partial charge is 0.410 e. The minimum Gasteiger partial charge on any atom is -0.467 e. The maximum absolute atomic E-state index is 13.4. The van der Waals surface area contributed by atoms with Crippen molar-refractivity contribution in [2.75, 3.05) is 11.9 Å². The van der Waals surface area contributed by atoms with Gasteiger partial charge in [-0.2, -0.15) is 18.3 Å². The molecule has 6 nitrogen and oxygen atoms in total. The van der Waals surface area contributed by atoms with E-state index in [9.17, 15) is 18.0 Å². The lowest BCUT2D eigenvalue weighted by Gasteiger charge is -2.32. The zero-order valence-electron chi connectivity index (χ0n) is 12.9. The fraction of sp³-hybridized carbons (Fsp3) is 0.467. The molecule has 1 amide bonds. The van der Waals surface area contributed by atoms with Crippen LogP contribution in [0.4, 0.5) is 19.0 Å². The number of halogens is 3. The number of amides is 1. The maximum Gasteiger partial charge on any atom is 0.410 e. The van der Waals surface area contributed by atoms with Crippen LogP contribution in [0.15, 0.2) is 28.9 Å². The number of alkyl halides is 3. The Morgan fingerprint density at radius 2 is 2.33 bits per heavy atom. The number of nitrogens with zero attached hydrogens (tertiary/aromatic N) is 2. The Labute approximate surface area is 136 Å². The molecule has 0 aromatic carbocycles.